The van der Waals surface area contributed by atoms with Crippen LogP contribution >= 0.6 is 43.6 Å². The molecule has 1 heterocycles. The summed E-state index contributed by atoms with van der Waals surface area (Å²) in [4.78, 5) is 16.1. The molecule has 1 aromatic carbocycles. The molecule has 0 amide bonds. The minimum absolute atomic E-state index is 0.0414. The van der Waals surface area contributed by atoms with E-state index < -0.39 is 17.8 Å². The number of alkyl halides is 3. The lowest BCUT2D eigenvalue weighted by atomic mass is 10.2. The van der Waals surface area contributed by atoms with Crippen LogP contribution in [0.1, 0.15) is 16.1 Å². The van der Waals surface area contributed by atoms with Gasteiger partial charge in [0, 0.05) is 13.8 Å². The van der Waals surface area contributed by atoms with Crippen molar-refractivity contribution in [2.24, 2.45) is 0 Å². The smallest absolute Gasteiger partial charge is 0.434 e. The van der Waals surface area contributed by atoms with Crippen molar-refractivity contribution in [1.82, 2.24) is 4.98 Å². The monoisotopic (exact) mass is 469 g/mol. The Morgan fingerprint density at radius 2 is 1.83 bits per heavy atom. The SMILES string of the molecule is COC(=O)c1cc(Br)c(C(F)(F)F)nc1Sc1ccc(Br)cc1. The number of aromatic nitrogens is 1. The molecule has 0 atom stereocenters. The second-order valence-electron chi connectivity index (χ2n) is 4.22. The van der Waals surface area contributed by atoms with Crippen molar-refractivity contribution in [2.45, 2.75) is 16.1 Å². The zero-order valence-electron chi connectivity index (χ0n) is 11.4. The Morgan fingerprint density at radius 1 is 1.22 bits per heavy atom. The van der Waals surface area contributed by atoms with Gasteiger partial charge in [-0.25, -0.2) is 9.78 Å². The van der Waals surface area contributed by atoms with Gasteiger partial charge in [-0.3, -0.25) is 0 Å². The van der Waals surface area contributed by atoms with Gasteiger partial charge in [-0.1, -0.05) is 27.7 Å². The van der Waals surface area contributed by atoms with Gasteiger partial charge < -0.3 is 4.74 Å². The molecule has 0 bridgehead atoms. The summed E-state index contributed by atoms with van der Waals surface area (Å²) < 4.78 is 44.2. The van der Waals surface area contributed by atoms with E-state index in [1.807, 2.05) is 0 Å². The molecule has 0 unspecified atom stereocenters. The first-order valence-corrected chi connectivity index (χ1v) is 8.42. The van der Waals surface area contributed by atoms with Gasteiger partial charge in [0.1, 0.15) is 5.03 Å². The van der Waals surface area contributed by atoms with Crippen LogP contribution < -0.4 is 0 Å². The maximum atomic E-state index is 13.0. The molecule has 0 aliphatic rings. The number of hydrogen-bond acceptors (Lipinski definition) is 4. The highest BCUT2D eigenvalue weighted by molar-refractivity contribution is 9.10. The number of methoxy groups -OCH3 is 1. The number of halogens is 5. The van der Waals surface area contributed by atoms with Crippen LogP contribution in [0.4, 0.5) is 13.2 Å². The highest BCUT2D eigenvalue weighted by Crippen LogP contribution is 2.38. The number of ether oxygens (including phenoxy) is 1. The summed E-state index contributed by atoms with van der Waals surface area (Å²) in [6.07, 6.45) is -4.64. The summed E-state index contributed by atoms with van der Waals surface area (Å²) in [6.45, 7) is 0. The number of hydrogen-bond donors (Lipinski definition) is 0. The number of nitrogens with zero attached hydrogens (tertiary/aromatic N) is 1. The van der Waals surface area contributed by atoms with E-state index in [-0.39, 0.29) is 15.1 Å². The zero-order valence-corrected chi connectivity index (χ0v) is 15.4. The van der Waals surface area contributed by atoms with E-state index >= 15 is 0 Å². The lowest BCUT2D eigenvalue weighted by Crippen LogP contribution is -2.13. The number of carbonyl (C=O) groups is 1. The third-order valence-electron chi connectivity index (χ3n) is 2.64. The van der Waals surface area contributed by atoms with Gasteiger partial charge in [0.05, 0.1) is 12.7 Å². The van der Waals surface area contributed by atoms with Gasteiger partial charge >= 0.3 is 12.1 Å². The van der Waals surface area contributed by atoms with E-state index in [1.54, 1.807) is 24.3 Å². The molecule has 2 aromatic rings. The van der Waals surface area contributed by atoms with Crippen LogP contribution in [0.2, 0.25) is 0 Å². The molecule has 1 aromatic heterocycles. The summed E-state index contributed by atoms with van der Waals surface area (Å²) in [5, 5.41) is -0.0744. The molecule has 23 heavy (non-hydrogen) atoms. The summed E-state index contributed by atoms with van der Waals surface area (Å²) in [6, 6.07) is 7.95. The Kier molecular flexibility index (Phi) is 5.74. The molecule has 3 nitrogen and oxygen atoms in total. The molecule has 9 heteroatoms. The second-order valence-corrected chi connectivity index (χ2v) is 7.05. The van der Waals surface area contributed by atoms with Crippen molar-refractivity contribution in [3.05, 3.63) is 50.5 Å². The van der Waals surface area contributed by atoms with E-state index in [4.69, 9.17) is 0 Å². The van der Waals surface area contributed by atoms with E-state index in [0.29, 0.717) is 4.90 Å². The van der Waals surface area contributed by atoms with Crippen LogP contribution in [-0.2, 0) is 10.9 Å². The number of carbonyl (C=O) groups excluding carboxylic acids is 1. The Balaban J connectivity index is 2.53. The molecule has 2 rings (SSSR count). The molecule has 0 aliphatic heterocycles. The molecular weight excluding hydrogens is 463 g/mol. The Morgan fingerprint density at radius 3 is 2.35 bits per heavy atom. The molecule has 0 aliphatic carbocycles. The van der Waals surface area contributed by atoms with Gasteiger partial charge in [0.15, 0.2) is 5.69 Å². The number of benzene rings is 1. The summed E-state index contributed by atoms with van der Waals surface area (Å²) in [7, 11) is 1.15. The van der Waals surface area contributed by atoms with Crippen LogP contribution in [0.5, 0.6) is 0 Å². The third-order valence-corrected chi connectivity index (χ3v) is 4.79. The first-order chi connectivity index (χ1) is 10.7. The van der Waals surface area contributed by atoms with Gasteiger partial charge in [-0.2, -0.15) is 13.2 Å². The summed E-state index contributed by atoms with van der Waals surface area (Å²) in [5.41, 5.74) is -1.13. The molecule has 122 valence electrons. The Labute approximate surface area is 150 Å². The lowest BCUT2D eigenvalue weighted by Gasteiger charge is -2.13. The van der Waals surface area contributed by atoms with Crippen LogP contribution in [0.3, 0.4) is 0 Å². The van der Waals surface area contributed by atoms with Crippen LogP contribution in [0.15, 0.2) is 49.2 Å². The van der Waals surface area contributed by atoms with Crippen LogP contribution in [0.25, 0.3) is 0 Å². The van der Waals surface area contributed by atoms with Crippen molar-refractivity contribution < 1.29 is 22.7 Å². The second kappa shape index (κ2) is 7.23. The highest BCUT2D eigenvalue weighted by atomic mass is 79.9. The van der Waals surface area contributed by atoms with Crippen LogP contribution in [-0.4, -0.2) is 18.1 Å². The van der Waals surface area contributed by atoms with Crippen molar-refractivity contribution in [2.75, 3.05) is 7.11 Å². The van der Waals surface area contributed by atoms with Crippen LogP contribution in [0, 0.1) is 0 Å². The average Bonchev–Trinajstić information content (AvgIpc) is 2.49. The Bertz CT molecular complexity index is 736. The quantitative estimate of drug-likeness (QED) is 0.550. The largest absolute Gasteiger partial charge is 0.465 e. The van der Waals surface area contributed by atoms with Gasteiger partial charge in [0.25, 0.3) is 0 Å². The highest BCUT2D eigenvalue weighted by Gasteiger charge is 2.36. The molecule has 0 fully saturated rings. The average molecular weight is 471 g/mol. The Hall–Kier alpha value is -1.06. The first kappa shape index (κ1) is 18.3. The molecule has 0 radical (unpaired) electrons. The zero-order chi connectivity index (χ0) is 17.2. The summed E-state index contributed by atoms with van der Waals surface area (Å²) >= 11 is 7.03. The van der Waals surface area contributed by atoms with Gasteiger partial charge in [-0.15, -0.1) is 0 Å². The van der Waals surface area contributed by atoms with Gasteiger partial charge in [0.2, 0.25) is 0 Å². The van der Waals surface area contributed by atoms with Crippen molar-refractivity contribution in [3.8, 4) is 0 Å². The number of pyridine rings is 1. The summed E-state index contributed by atoms with van der Waals surface area (Å²) in [5.74, 6) is -0.758. The van der Waals surface area contributed by atoms with Crippen molar-refractivity contribution in [3.63, 3.8) is 0 Å². The minimum atomic E-state index is -4.64. The third kappa shape index (κ3) is 4.48. The molecule has 0 saturated carbocycles. The van der Waals surface area contributed by atoms with Crippen molar-refractivity contribution >= 4 is 49.6 Å². The maximum Gasteiger partial charge on any atom is 0.434 e. The topological polar surface area (TPSA) is 39.2 Å². The first-order valence-electron chi connectivity index (χ1n) is 6.02. The molecule has 0 saturated heterocycles. The standard InChI is InChI=1S/C14H8Br2F3NO2S/c1-22-13(21)9-6-10(16)11(14(17,18)19)20-12(9)23-8-4-2-7(15)3-5-8/h2-6H,1H3. The normalized spacial score (nSPS) is 11.4. The lowest BCUT2D eigenvalue weighted by molar-refractivity contribution is -0.142. The predicted octanol–water partition coefficient (Wildman–Crippen LogP) is 5.56. The molecule has 0 spiro atoms. The fourth-order valence-corrected chi connectivity index (χ4v) is 3.31. The number of rotatable bonds is 3. The van der Waals surface area contributed by atoms with Crippen molar-refractivity contribution in [1.29, 1.82) is 0 Å². The molecule has 0 N–H and O–H groups in total. The predicted molar refractivity (Wildman–Crippen MR) is 86.5 cm³/mol. The maximum absolute atomic E-state index is 13.0. The molecular formula is C14H8Br2F3NO2S. The van der Waals surface area contributed by atoms with E-state index in [9.17, 15) is 18.0 Å². The minimum Gasteiger partial charge on any atom is -0.465 e. The van der Waals surface area contributed by atoms with E-state index in [0.717, 1.165) is 29.4 Å². The fraction of sp³-hybridized carbons (Fsp3) is 0.143. The number of esters is 1. The van der Waals surface area contributed by atoms with Gasteiger partial charge in [-0.05, 0) is 46.3 Å². The fourth-order valence-electron chi connectivity index (χ4n) is 1.62. The van der Waals surface area contributed by atoms with E-state index in [2.05, 4.69) is 41.6 Å². The van der Waals surface area contributed by atoms with E-state index in [1.165, 1.54) is 0 Å².